The number of ketones is 1. The molecule has 0 bridgehead atoms. The summed E-state index contributed by atoms with van der Waals surface area (Å²) in [6.07, 6.45) is -5.06. The van der Waals surface area contributed by atoms with Gasteiger partial charge >= 0.3 is 12.1 Å². The number of carbonyl (C=O) groups is 2. The number of hydrogen-bond donors (Lipinski definition) is 1. The smallest absolute Gasteiger partial charge is 0.338 e. The van der Waals surface area contributed by atoms with E-state index in [4.69, 9.17) is 0 Å². The average molecular weight is 349 g/mol. The number of aryl methyl sites for hydroxylation is 2. The molecule has 0 aliphatic rings. The van der Waals surface area contributed by atoms with Crippen LogP contribution in [-0.4, -0.2) is 23.9 Å². The van der Waals surface area contributed by atoms with Gasteiger partial charge in [0.25, 0.3) is 0 Å². The van der Waals surface area contributed by atoms with Crippen LogP contribution < -0.4 is 5.32 Å². The molecule has 6 heteroatoms. The summed E-state index contributed by atoms with van der Waals surface area (Å²) in [5, 5.41) is 1.83. The Bertz CT molecular complexity index is 770. The van der Waals surface area contributed by atoms with Gasteiger partial charge < -0.3 is 5.32 Å². The second kappa shape index (κ2) is 7.51. The van der Waals surface area contributed by atoms with Crippen LogP contribution in [0.1, 0.15) is 27.0 Å². The molecule has 0 fully saturated rings. The zero-order valence-corrected chi connectivity index (χ0v) is 13.9. The van der Waals surface area contributed by atoms with Gasteiger partial charge in [-0.2, -0.15) is 13.2 Å². The summed E-state index contributed by atoms with van der Waals surface area (Å²) in [5.41, 5.74) is 2.56. The van der Waals surface area contributed by atoms with Crippen molar-refractivity contribution >= 4 is 11.7 Å². The van der Waals surface area contributed by atoms with Gasteiger partial charge in [0.2, 0.25) is 0 Å². The Morgan fingerprint density at radius 1 is 1.04 bits per heavy atom. The van der Waals surface area contributed by atoms with E-state index >= 15 is 0 Å². The minimum atomic E-state index is -5.04. The summed E-state index contributed by atoms with van der Waals surface area (Å²) in [5.74, 6) is -2.66. The number of Topliss-reactive ketones (excluding diaryl/α,β-unsaturated/α-hetero) is 1. The lowest BCUT2D eigenvalue weighted by Gasteiger charge is -2.20. The van der Waals surface area contributed by atoms with E-state index in [2.05, 4.69) is 0 Å². The monoisotopic (exact) mass is 349 g/mol. The van der Waals surface area contributed by atoms with Crippen LogP contribution >= 0.6 is 0 Å². The van der Waals surface area contributed by atoms with Gasteiger partial charge in [0, 0.05) is 12.0 Å². The maximum Gasteiger partial charge on any atom is 0.471 e. The van der Waals surface area contributed by atoms with Crippen LogP contribution in [0.5, 0.6) is 0 Å². The molecule has 1 amide bonds. The van der Waals surface area contributed by atoms with Crippen molar-refractivity contribution in [2.75, 3.05) is 0 Å². The number of rotatable bonds is 5. The van der Waals surface area contributed by atoms with Crippen LogP contribution in [0.3, 0.4) is 0 Å². The molecule has 0 spiro atoms. The lowest BCUT2D eigenvalue weighted by Crippen LogP contribution is -2.48. The molecule has 3 nitrogen and oxygen atoms in total. The van der Waals surface area contributed by atoms with E-state index in [0.717, 1.165) is 5.56 Å². The van der Waals surface area contributed by atoms with E-state index in [1.54, 1.807) is 55.5 Å². The fourth-order valence-corrected chi connectivity index (χ4v) is 2.58. The molecule has 2 aromatic carbocycles. The predicted molar refractivity (Wildman–Crippen MR) is 88.4 cm³/mol. The van der Waals surface area contributed by atoms with Gasteiger partial charge in [-0.1, -0.05) is 54.1 Å². The summed E-state index contributed by atoms with van der Waals surface area (Å²) in [7, 11) is 0. The minimum Gasteiger partial charge on any atom is -0.338 e. The predicted octanol–water partition coefficient (Wildman–Crippen LogP) is 3.78. The van der Waals surface area contributed by atoms with Gasteiger partial charge in [-0.05, 0) is 25.0 Å². The standard InChI is InChI=1S/C19H18F3NO2/c1-12-8-9-15(13(2)10-12)17(24)16(23-18(25)19(20,21)22)11-14-6-4-3-5-7-14/h3-10,16H,11H2,1-2H3,(H,23,25)/t16-/m0/s1. The Hall–Kier alpha value is -2.63. The Balaban J connectivity index is 2.32. The Morgan fingerprint density at radius 2 is 1.68 bits per heavy atom. The highest BCUT2D eigenvalue weighted by Crippen LogP contribution is 2.18. The molecule has 2 aromatic rings. The Labute approximate surface area is 143 Å². The molecule has 0 heterocycles. The third-order valence-electron chi connectivity index (χ3n) is 3.81. The van der Waals surface area contributed by atoms with Crippen LogP contribution in [0.25, 0.3) is 0 Å². The third-order valence-corrected chi connectivity index (χ3v) is 3.81. The van der Waals surface area contributed by atoms with Crippen LogP contribution in [-0.2, 0) is 11.2 Å². The lowest BCUT2D eigenvalue weighted by molar-refractivity contribution is -0.174. The van der Waals surface area contributed by atoms with Crippen LogP contribution in [0.2, 0.25) is 0 Å². The number of benzene rings is 2. The van der Waals surface area contributed by atoms with Gasteiger partial charge in [-0.15, -0.1) is 0 Å². The molecule has 0 unspecified atom stereocenters. The first-order valence-corrected chi connectivity index (χ1v) is 7.71. The molecule has 132 valence electrons. The highest BCUT2D eigenvalue weighted by molar-refractivity contribution is 6.03. The second-order valence-corrected chi connectivity index (χ2v) is 5.90. The van der Waals surface area contributed by atoms with Gasteiger partial charge in [0.15, 0.2) is 5.78 Å². The summed E-state index contributed by atoms with van der Waals surface area (Å²) in [4.78, 5) is 24.1. The first-order chi connectivity index (χ1) is 11.7. The summed E-state index contributed by atoms with van der Waals surface area (Å²) in [6, 6.07) is 12.4. The maximum absolute atomic E-state index is 12.8. The zero-order valence-electron chi connectivity index (χ0n) is 13.9. The summed E-state index contributed by atoms with van der Waals surface area (Å²) >= 11 is 0. The highest BCUT2D eigenvalue weighted by atomic mass is 19.4. The molecule has 0 saturated heterocycles. The number of alkyl halides is 3. The number of halogens is 3. The maximum atomic E-state index is 12.8. The highest BCUT2D eigenvalue weighted by Gasteiger charge is 2.41. The summed E-state index contributed by atoms with van der Waals surface area (Å²) in [6.45, 7) is 3.57. The first kappa shape index (κ1) is 18.7. The minimum absolute atomic E-state index is 0.0190. The van der Waals surface area contributed by atoms with Crippen molar-refractivity contribution in [3.63, 3.8) is 0 Å². The van der Waals surface area contributed by atoms with Crippen molar-refractivity contribution in [1.29, 1.82) is 0 Å². The molecule has 25 heavy (non-hydrogen) atoms. The average Bonchev–Trinajstić information content (AvgIpc) is 2.53. The number of hydrogen-bond acceptors (Lipinski definition) is 2. The molecule has 2 rings (SSSR count). The SMILES string of the molecule is Cc1ccc(C(=O)[C@H](Cc2ccccc2)NC(=O)C(F)(F)F)c(C)c1. The van der Waals surface area contributed by atoms with E-state index in [1.165, 1.54) is 0 Å². The number of nitrogens with one attached hydrogen (secondary N) is 1. The fourth-order valence-electron chi connectivity index (χ4n) is 2.58. The lowest BCUT2D eigenvalue weighted by atomic mass is 9.94. The van der Waals surface area contributed by atoms with Crippen LogP contribution in [0.15, 0.2) is 48.5 Å². The molecular formula is C19H18F3NO2. The van der Waals surface area contributed by atoms with E-state index in [1.807, 2.05) is 12.2 Å². The molecule has 0 aliphatic carbocycles. The Kier molecular flexibility index (Phi) is 5.62. The second-order valence-electron chi connectivity index (χ2n) is 5.90. The van der Waals surface area contributed by atoms with E-state index in [-0.39, 0.29) is 6.42 Å². The number of amides is 1. The van der Waals surface area contributed by atoms with Crippen LogP contribution in [0.4, 0.5) is 13.2 Å². The van der Waals surface area contributed by atoms with Crippen molar-refractivity contribution in [3.05, 3.63) is 70.8 Å². The fraction of sp³-hybridized carbons (Fsp3) is 0.263. The number of carbonyl (C=O) groups excluding carboxylic acids is 2. The summed E-state index contributed by atoms with van der Waals surface area (Å²) < 4.78 is 37.9. The van der Waals surface area contributed by atoms with Crippen LogP contribution in [0, 0.1) is 13.8 Å². The third kappa shape index (κ3) is 4.92. The Morgan fingerprint density at radius 3 is 2.24 bits per heavy atom. The molecule has 0 aliphatic heterocycles. The van der Waals surface area contributed by atoms with Crippen molar-refractivity contribution in [2.45, 2.75) is 32.5 Å². The molecular weight excluding hydrogens is 331 g/mol. The van der Waals surface area contributed by atoms with Gasteiger partial charge in [-0.3, -0.25) is 9.59 Å². The normalized spacial score (nSPS) is 12.5. The van der Waals surface area contributed by atoms with Crippen molar-refractivity contribution in [1.82, 2.24) is 5.32 Å². The topological polar surface area (TPSA) is 46.2 Å². The van der Waals surface area contributed by atoms with Gasteiger partial charge in [0.05, 0.1) is 6.04 Å². The molecule has 1 atom stereocenters. The molecule has 0 aromatic heterocycles. The van der Waals surface area contributed by atoms with Crippen molar-refractivity contribution < 1.29 is 22.8 Å². The molecule has 0 saturated carbocycles. The van der Waals surface area contributed by atoms with E-state index in [0.29, 0.717) is 16.7 Å². The first-order valence-electron chi connectivity index (χ1n) is 7.71. The molecule has 0 radical (unpaired) electrons. The quantitative estimate of drug-likeness (QED) is 0.835. The zero-order chi connectivity index (χ0) is 18.6. The molecule has 1 N–H and O–H groups in total. The van der Waals surface area contributed by atoms with Gasteiger partial charge in [0.1, 0.15) is 0 Å². The van der Waals surface area contributed by atoms with E-state index < -0.39 is 23.9 Å². The van der Waals surface area contributed by atoms with E-state index in [9.17, 15) is 22.8 Å². The van der Waals surface area contributed by atoms with Crippen molar-refractivity contribution in [3.8, 4) is 0 Å². The largest absolute Gasteiger partial charge is 0.471 e. The van der Waals surface area contributed by atoms with Crippen molar-refractivity contribution in [2.24, 2.45) is 0 Å². The van der Waals surface area contributed by atoms with Gasteiger partial charge in [-0.25, -0.2) is 0 Å².